The summed E-state index contributed by atoms with van der Waals surface area (Å²) in [5.74, 6) is 0.179. The fourth-order valence-electron chi connectivity index (χ4n) is 1.19. The molecule has 17 heavy (non-hydrogen) atoms. The van der Waals surface area contributed by atoms with Crippen molar-refractivity contribution in [3.63, 3.8) is 0 Å². The molecule has 1 atom stereocenters. The number of carboxylic acid groups (broad SMARTS) is 1. The fourth-order valence-corrected chi connectivity index (χ4v) is 2.11. The number of hydrogen-bond acceptors (Lipinski definition) is 5. The number of thioether (sulfide) groups is 1. The molecule has 1 aromatic rings. The molecule has 0 fully saturated rings. The predicted molar refractivity (Wildman–Crippen MR) is 62.6 cm³/mol. The van der Waals surface area contributed by atoms with Gasteiger partial charge in [-0.15, -0.1) is 0 Å². The van der Waals surface area contributed by atoms with Crippen LogP contribution in [-0.4, -0.2) is 33.9 Å². The van der Waals surface area contributed by atoms with Crippen LogP contribution >= 0.6 is 11.8 Å². The average molecular weight is 258 g/mol. The number of aromatic nitrogens is 1. The van der Waals surface area contributed by atoms with E-state index in [9.17, 15) is 9.59 Å². The molecule has 0 spiro atoms. The highest BCUT2D eigenvalue weighted by molar-refractivity contribution is 7.98. The number of carboxylic acids is 1. The highest BCUT2D eigenvalue weighted by Crippen LogP contribution is 2.13. The van der Waals surface area contributed by atoms with Crippen molar-refractivity contribution in [3.8, 4) is 0 Å². The second-order valence-corrected chi connectivity index (χ2v) is 4.57. The van der Waals surface area contributed by atoms with Crippen LogP contribution in [0.4, 0.5) is 0 Å². The first-order valence-corrected chi connectivity index (χ1v) is 6.14. The van der Waals surface area contributed by atoms with E-state index in [4.69, 9.17) is 9.63 Å². The number of amides is 1. The van der Waals surface area contributed by atoms with E-state index in [2.05, 4.69) is 10.5 Å². The zero-order chi connectivity index (χ0) is 12.8. The molecule has 0 aliphatic carbocycles. The topological polar surface area (TPSA) is 92.4 Å². The minimum atomic E-state index is -1.04. The van der Waals surface area contributed by atoms with Gasteiger partial charge in [0.15, 0.2) is 0 Å². The summed E-state index contributed by atoms with van der Waals surface area (Å²) in [6.45, 7) is 3.08. The number of carbonyl (C=O) groups excluding carboxylic acids is 1. The maximum atomic E-state index is 10.8. The second kappa shape index (κ2) is 6.29. The van der Waals surface area contributed by atoms with Crippen LogP contribution in [0.25, 0.3) is 0 Å². The van der Waals surface area contributed by atoms with Crippen LogP contribution in [0.3, 0.4) is 0 Å². The molecule has 0 radical (unpaired) electrons. The number of rotatable bonds is 6. The summed E-state index contributed by atoms with van der Waals surface area (Å²) in [5.41, 5.74) is 0.763. The molecule has 0 saturated carbocycles. The van der Waals surface area contributed by atoms with Gasteiger partial charge in [-0.05, 0) is 6.92 Å². The molecule has 6 nitrogen and oxygen atoms in total. The average Bonchev–Trinajstić information content (AvgIpc) is 2.62. The Bertz CT molecular complexity index is 405. The molecular weight excluding hydrogens is 244 g/mol. The normalized spacial score (nSPS) is 12.1. The molecule has 1 aromatic heterocycles. The molecule has 94 valence electrons. The van der Waals surface area contributed by atoms with Gasteiger partial charge in [0.2, 0.25) is 5.91 Å². The van der Waals surface area contributed by atoms with Crippen LogP contribution in [0.1, 0.15) is 18.4 Å². The summed E-state index contributed by atoms with van der Waals surface area (Å²) in [5, 5.41) is 15.0. The smallest absolute Gasteiger partial charge is 0.327 e. The van der Waals surface area contributed by atoms with Crippen LogP contribution in [0.15, 0.2) is 10.6 Å². The van der Waals surface area contributed by atoms with Gasteiger partial charge in [0.05, 0.1) is 5.69 Å². The van der Waals surface area contributed by atoms with E-state index in [1.54, 1.807) is 13.0 Å². The van der Waals surface area contributed by atoms with Gasteiger partial charge in [0.1, 0.15) is 11.8 Å². The molecule has 1 amide bonds. The largest absolute Gasteiger partial charge is 0.480 e. The van der Waals surface area contributed by atoms with Gasteiger partial charge in [0, 0.05) is 24.5 Å². The molecule has 7 heteroatoms. The zero-order valence-electron chi connectivity index (χ0n) is 9.60. The highest BCUT2D eigenvalue weighted by Gasteiger charge is 2.18. The zero-order valence-corrected chi connectivity index (χ0v) is 10.4. The van der Waals surface area contributed by atoms with Crippen molar-refractivity contribution in [2.24, 2.45) is 0 Å². The summed E-state index contributed by atoms with van der Waals surface area (Å²) < 4.78 is 4.88. The number of nitrogens with one attached hydrogen (secondary N) is 1. The maximum Gasteiger partial charge on any atom is 0.327 e. The Kier molecular flexibility index (Phi) is 5.02. The van der Waals surface area contributed by atoms with E-state index < -0.39 is 12.0 Å². The Hall–Kier alpha value is -1.50. The monoisotopic (exact) mass is 258 g/mol. The minimum Gasteiger partial charge on any atom is -0.480 e. The second-order valence-electron chi connectivity index (χ2n) is 3.54. The van der Waals surface area contributed by atoms with Crippen molar-refractivity contribution in [3.05, 3.63) is 17.5 Å². The Morgan fingerprint density at radius 3 is 2.82 bits per heavy atom. The molecule has 0 aliphatic rings. The van der Waals surface area contributed by atoms with Gasteiger partial charge >= 0.3 is 5.97 Å². The predicted octanol–water partition coefficient (Wildman–Crippen LogP) is 0.806. The van der Waals surface area contributed by atoms with Gasteiger partial charge in [-0.3, -0.25) is 4.79 Å². The number of nitrogens with zero attached hydrogens (tertiary/aromatic N) is 1. The quantitative estimate of drug-likeness (QED) is 0.784. The SMILES string of the molecule is CC(=O)NC(CSCc1cc(C)on1)C(=O)O. The Morgan fingerprint density at radius 2 is 2.35 bits per heavy atom. The van der Waals surface area contributed by atoms with E-state index in [0.717, 1.165) is 11.5 Å². The van der Waals surface area contributed by atoms with Crippen molar-refractivity contribution < 1.29 is 19.2 Å². The molecule has 2 N–H and O–H groups in total. The van der Waals surface area contributed by atoms with Crippen molar-refractivity contribution in [2.45, 2.75) is 25.6 Å². The summed E-state index contributed by atoms with van der Waals surface area (Å²) in [6, 6.07) is 0.923. The lowest BCUT2D eigenvalue weighted by Crippen LogP contribution is -2.41. The third kappa shape index (κ3) is 4.90. The van der Waals surface area contributed by atoms with Crippen LogP contribution < -0.4 is 5.32 Å². The molecule has 0 bridgehead atoms. The number of carbonyl (C=O) groups is 2. The van der Waals surface area contributed by atoms with Gasteiger partial charge in [-0.1, -0.05) is 5.16 Å². The van der Waals surface area contributed by atoms with Crippen LogP contribution in [0, 0.1) is 6.92 Å². The first-order valence-electron chi connectivity index (χ1n) is 4.99. The summed E-state index contributed by atoms with van der Waals surface area (Å²) in [7, 11) is 0. The summed E-state index contributed by atoms with van der Waals surface area (Å²) in [6.07, 6.45) is 0. The van der Waals surface area contributed by atoms with Crippen molar-refractivity contribution >= 4 is 23.6 Å². The van der Waals surface area contributed by atoms with Crippen LogP contribution in [0.5, 0.6) is 0 Å². The number of aryl methyl sites for hydroxylation is 1. The standard InChI is InChI=1S/C10H14N2O4S/c1-6-3-8(12-16-6)4-17-5-9(10(14)15)11-7(2)13/h3,9H,4-5H2,1-2H3,(H,11,13)(H,14,15). The lowest BCUT2D eigenvalue weighted by Gasteiger charge is -2.11. The van der Waals surface area contributed by atoms with Crippen molar-refractivity contribution in [1.29, 1.82) is 0 Å². The number of aliphatic carboxylic acids is 1. The molecule has 1 unspecified atom stereocenters. The molecule has 0 saturated heterocycles. The van der Waals surface area contributed by atoms with Crippen molar-refractivity contribution in [2.75, 3.05) is 5.75 Å². The minimum absolute atomic E-state index is 0.292. The molecule has 1 heterocycles. The number of hydrogen-bond donors (Lipinski definition) is 2. The third-order valence-electron chi connectivity index (χ3n) is 1.89. The summed E-state index contributed by atoms with van der Waals surface area (Å²) in [4.78, 5) is 21.6. The van der Waals surface area contributed by atoms with E-state index in [0.29, 0.717) is 11.5 Å². The van der Waals surface area contributed by atoms with Gasteiger partial charge in [0.25, 0.3) is 0 Å². The molecular formula is C10H14N2O4S. The Morgan fingerprint density at radius 1 is 1.65 bits per heavy atom. The molecule has 1 rings (SSSR count). The Labute approximate surface area is 103 Å². The van der Waals surface area contributed by atoms with E-state index in [1.165, 1.54) is 18.7 Å². The fraction of sp³-hybridized carbons (Fsp3) is 0.500. The van der Waals surface area contributed by atoms with E-state index >= 15 is 0 Å². The maximum absolute atomic E-state index is 10.8. The first-order chi connectivity index (χ1) is 7.99. The lowest BCUT2D eigenvalue weighted by molar-refractivity contribution is -0.140. The van der Waals surface area contributed by atoms with Gasteiger partial charge < -0.3 is 14.9 Å². The summed E-state index contributed by atoms with van der Waals surface area (Å²) >= 11 is 1.38. The van der Waals surface area contributed by atoms with Crippen LogP contribution in [-0.2, 0) is 15.3 Å². The molecule has 0 aromatic carbocycles. The Balaban J connectivity index is 2.37. The first kappa shape index (κ1) is 13.6. The van der Waals surface area contributed by atoms with Crippen molar-refractivity contribution in [1.82, 2.24) is 10.5 Å². The van der Waals surface area contributed by atoms with Gasteiger partial charge in [-0.25, -0.2) is 4.79 Å². The third-order valence-corrected chi connectivity index (χ3v) is 2.96. The highest BCUT2D eigenvalue weighted by atomic mass is 32.2. The van der Waals surface area contributed by atoms with Crippen LogP contribution in [0.2, 0.25) is 0 Å². The molecule has 0 aliphatic heterocycles. The van der Waals surface area contributed by atoms with E-state index in [-0.39, 0.29) is 5.91 Å². The van der Waals surface area contributed by atoms with Gasteiger partial charge in [-0.2, -0.15) is 11.8 Å². The van der Waals surface area contributed by atoms with E-state index in [1.807, 2.05) is 0 Å². The lowest BCUT2D eigenvalue weighted by atomic mass is 10.3.